The maximum atomic E-state index is 14.5. The lowest BCUT2D eigenvalue weighted by molar-refractivity contribution is -0.144. The van der Waals surface area contributed by atoms with Crippen LogP contribution in [0.1, 0.15) is 97.4 Å². The predicted molar refractivity (Wildman–Crippen MR) is 167 cm³/mol. The largest absolute Gasteiger partial charge is 0.444 e. The summed E-state index contributed by atoms with van der Waals surface area (Å²) in [6, 6.07) is 13.2. The molecule has 0 aliphatic heterocycles. The van der Waals surface area contributed by atoms with Gasteiger partial charge in [0, 0.05) is 11.7 Å². The first-order valence-corrected chi connectivity index (χ1v) is 14.8. The minimum absolute atomic E-state index is 0.116. The molecule has 0 aliphatic carbocycles. The highest BCUT2D eigenvalue weighted by molar-refractivity contribution is 6.00. The Morgan fingerprint density at radius 3 is 1.93 bits per heavy atom. The molecule has 2 aromatic carbocycles. The van der Waals surface area contributed by atoms with Crippen molar-refractivity contribution in [1.82, 2.24) is 10.2 Å². The third-order valence-corrected chi connectivity index (χ3v) is 6.96. The molecule has 0 aromatic heterocycles. The van der Waals surface area contributed by atoms with Crippen LogP contribution in [0.3, 0.4) is 0 Å². The lowest BCUT2D eigenvalue weighted by Gasteiger charge is -2.39. The molecule has 7 heteroatoms. The Hall–Kier alpha value is -3.35. The molecule has 0 aliphatic rings. The van der Waals surface area contributed by atoms with Gasteiger partial charge in [0.25, 0.3) is 5.91 Å². The van der Waals surface area contributed by atoms with Crippen LogP contribution < -0.4 is 10.6 Å². The second kappa shape index (κ2) is 15.0. The molecule has 41 heavy (non-hydrogen) atoms. The number of para-hydroxylation sites is 1. The summed E-state index contributed by atoms with van der Waals surface area (Å²) in [6.45, 7) is 19.6. The van der Waals surface area contributed by atoms with Crippen LogP contribution in [0.4, 0.5) is 10.5 Å². The van der Waals surface area contributed by atoms with Crippen LogP contribution in [-0.4, -0.2) is 40.5 Å². The van der Waals surface area contributed by atoms with E-state index < -0.39 is 23.8 Å². The third kappa shape index (κ3) is 10.5. The molecule has 2 aromatic rings. The van der Waals surface area contributed by atoms with Gasteiger partial charge >= 0.3 is 6.09 Å². The number of amides is 3. The van der Waals surface area contributed by atoms with Crippen molar-refractivity contribution in [2.75, 3.05) is 5.32 Å². The van der Waals surface area contributed by atoms with Crippen molar-refractivity contribution in [3.05, 3.63) is 65.2 Å². The lowest BCUT2D eigenvalue weighted by atomic mass is 9.95. The number of anilines is 1. The summed E-state index contributed by atoms with van der Waals surface area (Å²) in [4.78, 5) is 43.3. The van der Waals surface area contributed by atoms with E-state index >= 15 is 0 Å². The van der Waals surface area contributed by atoms with Crippen molar-refractivity contribution in [3.8, 4) is 0 Å². The number of carbonyl (C=O) groups excluding carboxylic acids is 3. The summed E-state index contributed by atoms with van der Waals surface area (Å²) >= 11 is 0. The van der Waals surface area contributed by atoms with Crippen LogP contribution in [0, 0.1) is 25.7 Å². The summed E-state index contributed by atoms with van der Waals surface area (Å²) in [6.07, 6.45) is 1.36. The standard InChI is InChI=1S/C34H51N3O4/c1-22(2)19-20-26(7)37(32(39)28(21-23(3)4)35-33(40)41-34(8,9)10)30(27-17-12-11-13-18-27)31(38)36-29-24(5)15-14-16-25(29)6/h11-18,22-23,26,28,30H,19-21H2,1-10H3,(H,35,40)(H,36,38). The van der Waals surface area contributed by atoms with E-state index in [0.717, 1.165) is 23.2 Å². The van der Waals surface area contributed by atoms with Crippen LogP contribution in [0.25, 0.3) is 0 Å². The van der Waals surface area contributed by atoms with E-state index in [1.165, 1.54) is 0 Å². The second-order valence-corrected chi connectivity index (χ2v) is 13.0. The number of rotatable bonds is 12. The normalized spacial score (nSPS) is 13.9. The van der Waals surface area contributed by atoms with E-state index in [9.17, 15) is 14.4 Å². The molecule has 3 atom stereocenters. The third-order valence-electron chi connectivity index (χ3n) is 6.96. The number of ether oxygens (including phenoxy) is 1. The van der Waals surface area contributed by atoms with Crippen molar-refractivity contribution >= 4 is 23.6 Å². The molecule has 0 saturated carbocycles. The zero-order valence-electron chi connectivity index (χ0n) is 26.7. The van der Waals surface area contributed by atoms with Gasteiger partial charge in [-0.15, -0.1) is 0 Å². The number of aryl methyl sites for hydroxylation is 2. The first kappa shape index (κ1) is 33.9. The highest BCUT2D eigenvalue weighted by Crippen LogP contribution is 2.30. The molecule has 3 unspecified atom stereocenters. The Kier molecular flexibility index (Phi) is 12.4. The van der Waals surface area contributed by atoms with E-state index in [1.807, 2.05) is 83.1 Å². The maximum Gasteiger partial charge on any atom is 0.408 e. The van der Waals surface area contributed by atoms with Gasteiger partial charge in [-0.3, -0.25) is 9.59 Å². The predicted octanol–water partition coefficient (Wildman–Crippen LogP) is 7.58. The van der Waals surface area contributed by atoms with Crippen molar-refractivity contribution in [2.45, 2.75) is 112 Å². The van der Waals surface area contributed by atoms with Crippen LogP contribution >= 0.6 is 0 Å². The summed E-state index contributed by atoms with van der Waals surface area (Å²) in [5, 5.41) is 5.97. The van der Waals surface area contributed by atoms with Gasteiger partial charge in [-0.25, -0.2) is 4.79 Å². The number of benzene rings is 2. The van der Waals surface area contributed by atoms with Crippen molar-refractivity contribution < 1.29 is 19.1 Å². The number of hydrogen-bond donors (Lipinski definition) is 2. The van der Waals surface area contributed by atoms with Gasteiger partial charge < -0.3 is 20.3 Å². The van der Waals surface area contributed by atoms with Gasteiger partial charge in [0.2, 0.25) is 5.91 Å². The van der Waals surface area contributed by atoms with Gasteiger partial charge in [-0.05, 0) is 89.3 Å². The molecule has 0 radical (unpaired) electrons. The Bertz CT molecular complexity index is 1130. The van der Waals surface area contributed by atoms with Crippen LogP contribution in [0.5, 0.6) is 0 Å². The first-order chi connectivity index (χ1) is 19.1. The quantitative estimate of drug-likeness (QED) is 0.278. The molecule has 0 heterocycles. The van der Waals surface area contributed by atoms with Crippen molar-refractivity contribution in [2.24, 2.45) is 11.8 Å². The van der Waals surface area contributed by atoms with Crippen LogP contribution in [-0.2, 0) is 14.3 Å². The molecule has 7 nitrogen and oxygen atoms in total. The molecule has 3 amide bonds. The molecule has 0 spiro atoms. The zero-order valence-corrected chi connectivity index (χ0v) is 26.7. The summed E-state index contributed by atoms with van der Waals surface area (Å²) in [5.41, 5.74) is 2.63. The first-order valence-electron chi connectivity index (χ1n) is 14.8. The summed E-state index contributed by atoms with van der Waals surface area (Å²) in [5.74, 6) is -0.0464. The van der Waals surface area contributed by atoms with Gasteiger partial charge in [0.05, 0.1) is 0 Å². The fourth-order valence-electron chi connectivity index (χ4n) is 4.91. The summed E-state index contributed by atoms with van der Waals surface area (Å²) < 4.78 is 5.52. The maximum absolute atomic E-state index is 14.5. The smallest absolute Gasteiger partial charge is 0.408 e. The highest BCUT2D eigenvalue weighted by Gasteiger charge is 2.39. The minimum Gasteiger partial charge on any atom is -0.444 e. The molecule has 0 saturated heterocycles. The summed E-state index contributed by atoms with van der Waals surface area (Å²) in [7, 11) is 0. The molecule has 2 rings (SSSR count). The monoisotopic (exact) mass is 565 g/mol. The molecule has 0 bridgehead atoms. The average Bonchev–Trinajstić information content (AvgIpc) is 2.86. The van der Waals surface area contributed by atoms with Gasteiger partial charge in [0.1, 0.15) is 17.7 Å². The number of carbonyl (C=O) groups is 3. The molecular formula is C34H51N3O4. The minimum atomic E-state index is -0.903. The van der Waals surface area contributed by atoms with E-state index in [1.54, 1.807) is 25.7 Å². The molecule has 2 N–H and O–H groups in total. The number of nitrogens with one attached hydrogen (secondary N) is 2. The van der Waals surface area contributed by atoms with E-state index in [0.29, 0.717) is 24.3 Å². The van der Waals surface area contributed by atoms with Gasteiger partial charge in [-0.2, -0.15) is 0 Å². The Labute approximate surface area is 247 Å². The average molecular weight is 566 g/mol. The van der Waals surface area contributed by atoms with E-state index in [4.69, 9.17) is 4.74 Å². The number of hydrogen-bond acceptors (Lipinski definition) is 4. The van der Waals surface area contributed by atoms with Gasteiger partial charge in [0.15, 0.2) is 0 Å². The lowest BCUT2D eigenvalue weighted by Crippen LogP contribution is -2.55. The second-order valence-electron chi connectivity index (χ2n) is 13.0. The number of nitrogens with zero attached hydrogens (tertiary/aromatic N) is 1. The number of alkyl carbamates (subject to hydrolysis) is 1. The van der Waals surface area contributed by atoms with E-state index in [-0.39, 0.29) is 23.8 Å². The fraction of sp³-hybridized carbons (Fsp3) is 0.559. The topological polar surface area (TPSA) is 87.7 Å². The highest BCUT2D eigenvalue weighted by atomic mass is 16.6. The van der Waals surface area contributed by atoms with Gasteiger partial charge in [-0.1, -0.05) is 76.2 Å². The van der Waals surface area contributed by atoms with E-state index in [2.05, 4.69) is 24.5 Å². The SMILES string of the molecule is Cc1cccc(C)c1NC(=O)C(c1ccccc1)N(C(=O)C(CC(C)C)NC(=O)OC(C)(C)C)C(C)CCC(C)C. The molecule has 226 valence electrons. The Morgan fingerprint density at radius 2 is 1.41 bits per heavy atom. The Morgan fingerprint density at radius 1 is 0.829 bits per heavy atom. The molecule has 0 fully saturated rings. The fourth-order valence-corrected chi connectivity index (χ4v) is 4.91. The molecular weight excluding hydrogens is 514 g/mol. The van der Waals surface area contributed by atoms with Crippen molar-refractivity contribution in [3.63, 3.8) is 0 Å². The van der Waals surface area contributed by atoms with Crippen LogP contribution in [0.2, 0.25) is 0 Å². The van der Waals surface area contributed by atoms with Crippen LogP contribution in [0.15, 0.2) is 48.5 Å². The Balaban J connectivity index is 2.62. The van der Waals surface area contributed by atoms with Crippen molar-refractivity contribution in [1.29, 1.82) is 0 Å². The zero-order chi connectivity index (χ0) is 30.9.